The third-order valence-electron chi connectivity index (χ3n) is 4.74. The topological polar surface area (TPSA) is 71.9 Å². The van der Waals surface area contributed by atoms with Crippen LogP contribution in [-0.4, -0.2) is 17.3 Å². The maximum absolute atomic E-state index is 9.29. The van der Waals surface area contributed by atoms with Gasteiger partial charge in [0.05, 0.1) is 18.6 Å². The van der Waals surface area contributed by atoms with Crippen molar-refractivity contribution in [1.29, 1.82) is 5.26 Å². The van der Waals surface area contributed by atoms with Gasteiger partial charge in [0, 0.05) is 11.1 Å². The first-order chi connectivity index (χ1) is 12.1. The smallest absolute Gasteiger partial charge is 0.258 e. The van der Waals surface area contributed by atoms with Crippen LogP contribution in [0.15, 0.2) is 47.0 Å². The average molecular weight is 331 g/mol. The van der Waals surface area contributed by atoms with Crippen LogP contribution < -0.4 is 4.74 Å². The van der Waals surface area contributed by atoms with Crippen molar-refractivity contribution in [3.8, 4) is 34.7 Å². The Labute approximate surface area is 145 Å². The third-order valence-corrected chi connectivity index (χ3v) is 4.74. The lowest BCUT2D eigenvalue weighted by atomic mass is 9.97. The van der Waals surface area contributed by atoms with Gasteiger partial charge in [-0.05, 0) is 49.1 Å². The van der Waals surface area contributed by atoms with Gasteiger partial charge in [-0.1, -0.05) is 29.4 Å². The van der Waals surface area contributed by atoms with Gasteiger partial charge in [-0.3, -0.25) is 0 Å². The quantitative estimate of drug-likeness (QED) is 0.713. The molecule has 5 heteroatoms. The zero-order valence-corrected chi connectivity index (χ0v) is 14.1. The average Bonchev–Trinajstić information content (AvgIpc) is 3.31. The summed E-state index contributed by atoms with van der Waals surface area (Å²) in [5.41, 5.74) is 3.52. The Balaban J connectivity index is 1.62. The molecule has 0 atom stereocenters. The summed E-state index contributed by atoms with van der Waals surface area (Å²) in [5, 5.41) is 13.4. The van der Waals surface area contributed by atoms with E-state index >= 15 is 0 Å². The molecular formula is C20H17N3O2. The van der Waals surface area contributed by atoms with Gasteiger partial charge >= 0.3 is 0 Å². The summed E-state index contributed by atoms with van der Waals surface area (Å²) in [4.78, 5) is 4.49. The van der Waals surface area contributed by atoms with Gasteiger partial charge in [-0.15, -0.1) is 0 Å². The first-order valence-electron chi connectivity index (χ1n) is 8.16. The first kappa shape index (κ1) is 15.4. The van der Waals surface area contributed by atoms with Crippen molar-refractivity contribution < 1.29 is 9.26 Å². The predicted octanol–water partition coefficient (Wildman–Crippen LogP) is 4.28. The number of nitriles is 1. The standard InChI is InChI=1S/C20H17N3O2/c1-13-3-4-15(11-17(13)24-2)18-22-19(25-23-18)14-5-7-16(8-6-14)20(12-21)9-10-20/h3-8,11H,9-10H2,1-2H3. The Kier molecular flexibility index (Phi) is 3.54. The van der Waals surface area contributed by atoms with Gasteiger partial charge in [-0.2, -0.15) is 10.2 Å². The van der Waals surface area contributed by atoms with Crippen LogP contribution in [0.25, 0.3) is 22.8 Å². The molecule has 0 amide bonds. The molecule has 124 valence electrons. The molecule has 0 spiro atoms. The monoisotopic (exact) mass is 331 g/mol. The Hall–Kier alpha value is -3.13. The van der Waals surface area contributed by atoms with Crippen LogP contribution in [0.3, 0.4) is 0 Å². The summed E-state index contributed by atoms with van der Waals surface area (Å²) in [6.07, 6.45) is 1.87. The molecule has 1 fully saturated rings. The van der Waals surface area contributed by atoms with E-state index in [0.717, 1.165) is 40.8 Å². The molecule has 1 aromatic heterocycles. The zero-order valence-electron chi connectivity index (χ0n) is 14.1. The highest BCUT2D eigenvalue weighted by molar-refractivity contribution is 5.62. The molecule has 0 saturated heterocycles. The third kappa shape index (κ3) is 2.66. The Morgan fingerprint density at radius 1 is 1.12 bits per heavy atom. The normalized spacial score (nSPS) is 14.8. The highest BCUT2D eigenvalue weighted by Gasteiger charge is 2.44. The van der Waals surface area contributed by atoms with E-state index in [-0.39, 0.29) is 5.41 Å². The first-order valence-corrected chi connectivity index (χ1v) is 8.16. The fraction of sp³-hybridized carbons (Fsp3) is 0.250. The van der Waals surface area contributed by atoms with Crippen LogP contribution in [0, 0.1) is 18.3 Å². The second kappa shape index (κ2) is 5.75. The molecule has 5 nitrogen and oxygen atoms in total. The van der Waals surface area contributed by atoms with E-state index in [2.05, 4.69) is 16.2 Å². The summed E-state index contributed by atoms with van der Waals surface area (Å²) < 4.78 is 10.8. The number of nitrogens with zero attached hydrogens (tertiary/aromatic N) is 3. The molecule has 25 heavy (non-hydrogen) atoms. The van der Waals surface area contributed by atoms with E-state index in [1.165, 1.54) is 0 Å². The summed E-state index contributed by atoms with van der Waals surface area (Å²) in [5.74, 6) is 1.77. The van der Waals surface area contributed by atoms with E-state index in [9.17, 15) is 5.26 Å². The van der Waals surface area contributed by atoms with E-state index in [4.69, 9.17) is 9.26 Å². The van der Waals surface area contributed by atoms with Gasteiger partial charge in [0.25, 0.3) is 5.89 Å². The molecule has 1 heterocycles. The summed E-state index contributed by atoms with van der Waals surface area (Å²) in [6.45, 7) is 1.99. The van der Waals surface area contributed by atoms with Gasteiger partial charge in [0.2, 0.25) is 5.82 Å². The second-order valence-corrected chi connectivity index (χ2v) is 6.38. The number of benzene rings is 2. The molecule has 1 aliphatic carbocycles. The van der Waals surface area contributed by atoms with E-state index in [1.54, 1.807) is 7.11 Å². The largest absolute Gasteiger partial charge is 0.496 e. The van der Waals surface area contributed by atoms with Crippen LogP contribution in [0.2, 0.25) is 0 Å². The van der Waals surface area contributed by atoms with Crippen LogP contribution in [0.4, 0.5) is 0 Å². The molecule has 3 aromatic rings. The molecule has 0 unspecified atom stereocenters. The molecule has 0 aliphatic heterocycles. The minimum atomic E-state index is -0.281. The fourth-order valence-electron chi connectivity index (χ4n) is 2.94. The summed E-state index contributed by atoms with van der Waals surface area (Å²) in [6, 6.07) is 16.0. The lowest BCUT2D eigenvalue weighted by Crippen LogP contribution is -2.01. The lowest BCUT2D eigenvalue weighted by Gasteiger charge is -2.05. The fourth-order valence-corrected chi connectivity index (χ4v) is 2.94. The van der Waals surface area contributed by atoms with Crippen LogP contribution in [-0.2, 0) is 5.41 Å². The van der Waals surface area contributed by atoms with Crippen LogP contribution in [0.5, 0.6) is 5.75 Å². The number of hydrogen-bond donors (Lipinski definition) is 0. The van der Waals surface area contributed by atoms with Crippen molar-refractivity contribution in [3.05, 3.63) is 53.6 Å². The summed E-state index contributed by atoms with van der Waals surface area (Å²) >= 11 is 0. The number of aryl methyl sites for hydroxylation is 1. The number of ether oxygens (including phenoxy) is 1. The van der Waals surface area contributed by atoms with E-state index in [1.807, 2.05) is 49.4 Å². The second-order valence-electron chi connectivity index (χ2n) is 6.38. The minimum Gasteiger partial charge on any atom is -0.496 e. The maximum Gasteiger partial charge on any atom is 0.258 e. The molecule has 0 bridgehead atoms. The molecule has 1 aliphatic rings. The van der Waals surface area contributed by atoms with E-state index in [0.29, 0.717) is 11.7 Å². The molecule has 1 saturated carbocycles. The SMILES string of the molecule is COc1cc(-c2noc(-c3ccc(C4(C#N)CC4)cc3)n2)ccc1C. The summed E-state index contributed by atoms with van der Waals surface area (Å²) in [7, 11) is 1.64. The molecular weight excluding hydrogens is 314 g/mol. The highest BCUT2D eigenvalue weighted by atomic mass is 16.5. The van der Waals surface area contributed by atoms with Gasteiger partial charge < -0.3 is 9.26 Å². The zero-order chi connectivity index (χ0) is 17.4. The van der Waals surface area contributed by atoms with Crippen molar-refractivity contribution >= 4 is 0 Å². The van der Waals surface area contributed by atoms with Crippen molar-refractivity contribution in [2.75, 3.05) is 7.11 Å². The Bertz CT molecular complexity index is 963. The number of methoxy groups -OCH3 is 1. The minimum absolute atomic E-state index is 0.281. The van der Waals surface area contributed by atoms with Crippen molar-refractivity contribution in [2.45, 2.75) is 25.2 Å². The van der Waals surface area contributed by atoms with Gasteiger partial charge in [-0.25, -0.2) is 0 Å². The number of hydrogen-bond acceptors (Lipinski definition) is 5. The lowest BCUT2D eigenvalue weighted by molar-refractivity contribution is 0.411. The number of rotatable bonds is 4. The predicted molar refractivity (Wildman–Crippen MR) is 93.0 cm³/mol. The van der Waals surface area contributed by atoms with Crippen molar-refractivity contribution in [2.24, 2.45) is 0 Å². The maximum atomic E-state index is 9.29. The van der Waals surface area contributed by atoms with Crippen LogP contribution in [0.1, 0.15) is 24.0 Å². The van der Waals surface area contributed by atoms with Crippen LogP contribution >= 0.6 is 0 Å². The highest BCUT2D eigenvalue weighted by Crippen LogP contribution is 2.47. The number of aromatic nitrogens is 2. The van der Waals surface area contributed by atoms with Gasteiger partial charge in [0.1, 0.15) is 5.75 Å². The van der Waals surface area contributed by atoms with E-state index < -0.39 is 0 Å². The molecule has 4 rings (SSSR count). The van der Waals surface area contributed by atoms with Crippen molar-refractivity contribution in [3.63, 3.8) is 0 Å². The van der Waals surface area contributed by atoms with Gasteiger partial charge in [0.15, 0.2) is 0 Å². The van der Waals surface area contributed by atoms with Crippen molar-refractivity contribution in [1.82, 2.24) is 10.1 Å². The Morgan fingerprint density at radius 3 is 2.48 bits per heavy atom. The molecule has 2 aromatic carbocycles. The molecule has 0 N–H and O–H groups in total. The molecule has 0 radical (unpaired) electrons. The Morgan fingerprint density at radius 2 is 1.84 bits per heavy atom.